The van der Waals surface area contributed by atoms with Crippen molar-refractivity contribution in [2.75, 3.05) is 13.7 Å². The van der Waals surface area contributed by atoms with Gasteiger partial charge in [0.25, 0.3) is 0 Å². The molecular formula is C11H19BrN4O. The average Bonchev–Trinajstić information content (AvgIpc) is 3.09. The van der Waals surface area contributed by atoms with Gasteiger partial charge in [-0.25, -0.2) is 4.68 Å². The summed E-state index contributed by atoms with van der Waals surface area (Å²) in [6.45, 7) is 2.78. The molecule has 1 heterocycles. The van der Waals surface area contributed by atoms with Crippen molar-refractivity contribution in [3.05, 3.63) is 10.3 Å². The third-order valence-corrected chi connectivity index (χ3v) is 3.77. The van der Waals surface area contributed by atoms with E-state index in [1.54, 1.807) is 4.68 Å². The maximum atomic E-state index is 5.90. The van der Waals surface area contributed by atoms with Crippen molar-refractivity contribution in [2.24, 2.45) is 13.0 Å². The molecule has 0 bridgehead atoms. The number of aromatic nitrogens is 3. The molecule has 1 aromatic rings. The van der Waals surface area contributed by atoms with Gasteiger partial charge >= 0.3 is 0 Å². The maximum Gasteiger partial charge on any atom is 0.153 e. The van der Waals surface area contributed by atoms with Crippen molar-refractivity contribution in [3.8, 4) is 0 Å². The molecule has 96 valence electrons. The summed E-state index contributed by atoms with van der Waals surface area (Å²) in [5.41, 5.74) is 1.05. The van der Waals surface area contributed by atoms with E-state index in [2.05, 4.69) is 31.6 Å². The van der Waals surface area contributed by atoms with Gasteiger partial charge < -0.3 is 10.1 Å². The van der Waals surface area contributed by atoms with Gasteiger partial charge in [-0.1, -0.05) is 5.21 Å². The van der Waals surface area contributed by atoms with Crippen LogP contribution in [0.3, 0.4) is 0 Å². The van der Waals surface area contributed by atoms with Crippen LogP contribution in [-0.4, -0.2) is 34.8 Å². The molecule has 1 saturated carbocycles. The molecule has 1 aromatic heterocycles. The molecule has 0 aromatic carbocycles. The van der Waals surface area contributed by atoms with Crippen LogP contribution in [0.15, 0.2) is 4.60 Å². The fourth-order valence-corrected chi connectivity index (χ4v) is 2.82. The van der Waals surface area contributed by atoms with Crippen LogP contribution in [0.1, 0.15) is 31.5 Å². The minimum absolute atomic E-state index is 0.136. The Bertz CT molecular complexity index is 358. The first-order chi connectivity index (χ1) is 8.19. The minimum Gasteiger partial charge on any atom is -0.376 e. The molecule has 5 nitrogen and oxygen atoms in total. The van der Waals surface area contributed by atoms with Crippen LogP contribution in [0.25, 0.3) is 0 Å². The zero-order chi connectivity index (χ0) is 12.4. The van der Waals surface area contributed by atoms with Crippen molar-refractivity contribution in [3.63, 3.8) is 0 Å². The maximum absolute atomic E-state index is 5.90. The smallest absolute Gasteiger partial charge is 0.153 e. The summed E-state index contributed by atoms with van der Waals surface area (Å²) in [7, 11) is 3.87. The first kappa shape index (κ1) is 13.0. The van der Waals surface area contributed by atoms with E-state index < -0.39 is 0 Å². The highest BCUT2D eigenvalue weighted by Gasteiger charge is 2.39. The molecule has 1 aliphatic carbocycles. The fraction of sp³-hybridized carbons (Fsp3) is 0.818. The van der Waals surface area contributed by atoms with Crippen LogP contribution in [0, 0.1) is 5.92 Å². The monoisotopic (exact) mass is 302 g/mol. The number of nitrogens with zero attached hydrogens (tertiary/aromatic N) is 3. The van der Waals surface area contributed by atoms with Gasteiger partial charge in [0.15, 0.2) is 4.60 Å². The Morgan fingerprint density at radius 2 is 2.29 bits per heavy atom. The molecule has 0 saturated heterocycles. The lowest BCUT2D eigenvalue weighted by Gasteiger charge is -2.26. The number of likely N-dealkylation sites (N-methyl/N-ethyl adjacent to an activating group) is 1. The summed E-state index contributed by atoms with van der Waals surface area (Å²) in [5, 5.41) is 11.4. The van der Waals surface area contributed by atoms with Crippen molar-refractivity contribution < 1.29 is 4.74 Å². The second kappa shape index (κ2) is 5.46. The van der Waals surface area contributed by atoms with E-state index in [0.717, 1.165) is 16.9 Å². The van der Waals surface area contributed by atoms with E-state index in [0.29, 0.717) is 5.92 Å². The molecule has 0 amide bonds. The molecular weight excluding hydrogens is 284 g/mol. The van der Waals surface area contributed by atoms with Gasteiger partial charge in [0.05, 0.1) is 17.8 Å². The quantitative estimate of drug-likeness (QED) is 0.868. The van der Waals surface area contributed by atoms with E-state index in [-0.39, 0.29) is 12.1 Å². The third kappa shape index (κ3) is 2.69. The van der Waals surface area contributed by atoms with Crippen LogP contribution < -0.4 is 5.32 Å². The minimum atomic E-state index is 0.136. The van der Waals surface area contributed by atoms with Crippen molar-refractivity contribution in [2.45, 2.75) is 31.9 Å². The first-order valence-corrected chi connectivity index (χ1v) is 6.82. The van der Waals surface area contributed by atoms with Gasteiger partial charge in [0, 0.05) is 13.7 Å². The number of ether oxygens (including phenoxy) is 1. The van der Waals surface area contributed by atoms with Crippen LogP contribution in [0.5, 0.6) is 0 Å². The Labute approximate surface area is 110 Å². The van der Waals surface area contributed by atoms with Gasteiger partial charge in [-0.05, 0) is 48.7 Å². The lowest BCUT2D eigenvalue weighted by Crippen LogP contribution is -2.35. The number of hydrogen-bond acceptors (Lipinski definition) is 4. The van der Waals surface area contributed by atoms with Crippen LogP contribution in [0.2, 0.25) is 0 Å². The predicted octanol–water partition coefficient (Wildman–Crippen LogP) is 1.65. The van der Waals surface area contributed by atoms with E-state index in [9.17, 15) is 0 Å². The number of aryl methyl sites for hydroxylation is 1. The van der Waals surface area contributed by atoms with Gasteiger partial charge in [-0.2, -0.15) is 0 Å². The molecule has 2 atom stereocenters. The second-order valence-electron chi connectivity index (χ2n) is 4.41. The summed E-state index contributed by atoms with van der Waals surface area (Å²) in [6, 6.07) is 0.136. The van der Waals surface area contributed by atoms with Crippen LogP contribution >= 0.6 is 15.9 Å². The number of hydrogen-bond donors (Lipinski definition) is 1. The average molecular weight is 303 g/mol. The summed E-state index contributed by atoms with van der Waals surface area (Å²) >= 11 is 3.46. The standard InChI is InChI=1S/C11H19BrN4O/c1-4-17-10(7-5-6-7)8(13-2)9-11(12)14-15-16(9)3/h7-8,10,13H,4-6H2,1-3H3. The lowest BCUT2D eigenvalue weighted by molar-refractivity contribution is 0.0183. The van der Waals surface area contributed by atoms with Crippen molar-refractivity contribution in [1.82, 2.24) is 20.3 Å². The lowest BCUT2D eigenvalue weighted by atomic mass is 10.0. The van der Waals surface area contributed by atoms with E-state index in [4.69, 9.17) is 4.74 Å². The Balaban J connectivity index is 2.24. The fourth-order valence-electron chi connectivity index (χ4n) is 2.25. The summed E-state index contributed by atoms with van der Waals surface area (Å²) in [5.74, 6) is 0.661. The Kier molecular flexibility index (Phi) is 4.17. The van der Waals surface area contributed by atoms with E-state index in [1.165, 1.54) is 12.8 Å². The number of nitrogens with one attached hydrogen (secondary N) is 1. The number of halogens is 1. The summed E-state index contributed by atoms with van der Waals surface area (Å²) < 4.78 is 8.50. The molecule has 2 rings (SSSR count). The number of rotatable bonds is 6. The van der Waals surface area contributed by atoms with E-state index in [1.807, 2.05) is 21.0 Å². The molecule has 1 fully saturated rings. The first-order valence-electron chi connectivity index (χ1n) is 6.03. The van der Waals surface area contributed by atoms with Crippen molar-refractivity contribution >= 4 is 15.9 Å². The van der Waals surface area contributed by atoms with Crippen LogP contribution in [-0.2, 0) is 11.8 Å². The molecule has 0 spiro atoms. The van der Waals surface area contributed by atoms with Gasteiger partial charge in [0.1, 0.15) is 0 Å². The molecule has 1 N–H and O–H groups in total. The largest absolute Gasteiger partial charge is 0.376 e. The molecule has 2 unspecified atom stereocenters. The zero-order valence-electron chi connectivity index (χ0n) is 10.5. The third-order valence-electron chi connectivity index (χ3n) is 3.21. The van der Waals surface area contributed by atoms with Crippen molar-refractivity contribution in [1.29, 1.82) is 0 Å². The predicted molar refractivity (Wildman–Crippen MR) is 68.6 cm³/mol. The zero-order valence-corrected chi connectivity index (χ0v) is 12.1. The molecule has 17 heavy (non-hydrogen) atoms. The van der Waals surface area contributed by atoms with E-state index >= 15 is 0 Å². The molecule has 0 radical (unpaired) electrons. The second-order valence-corrected chi connectivity index (χ2v) is 5.16. The Morgan fingerprint density at radius 1 is 1.59 bits per heavy atom. The normalized spacial score (nSPS) is 19.3. The Morgan fingerprint density at radius 3 is 2.71 bits per heavy atom. The topological polar surface area (TPSA) is 52.0 Å². The molecule has 0 aliphatic heterocycles. The molecule has 1 aliphatic rings. The SMILES string of the molecule is CCOC(C1CC1)C(NC)c1c(Br)nnn1C. The summed E-state index contributed by atoms with van der Waals surface area (Å²) in [4.78, 5) is 0. The van der Waals surface area contributed by atoms with Gasteiger partial charge in [-0.15, -0.1) is 5.10 Å². The summed E-state index contributed by atoms with van der Waals surface area (Å²) in [6.07, 6.45) is 2.72. The Hall–Kier alpha value is -0.460. The highest BCUT2D eigenvalue weighted by atomic mass is 79.9. The highest BCUT2D eigenvalue weighted by molar-refractivity contribution is 9.10. The van der Waals surface area contributed by atoms with Gasteiger partial charge in [-0.3, -0.25) is 0 Å². The van der Waals surface area contributed by atoms with Crippen LogP contribution in [0.4, 0.5) is 0 Å². The van der Waals surface area contributed by atoms with Gasteiger partial charge in [0.2, 0.25) is 0 Å². The molecule has 6 heteroatoms. The highest BCUT2D eigenvalue weighted by Crippen LogP contribution is 2.40.